The first-order chi connectivity index (χ1) is 7.79. The molecular formula is C11H13BrF3NO. The molecule has 0 fully saturated rings. The molecule has 1 N–H and O–H groups in total. The van der Waals surface area contributed by atoms with Crippen LogP contribution in [0.3, 0.4) is 0 Å². The fourth-order valence-corrected chi connectivity index (χ4v) is 1.86. The molecule has 0 saturated heterocycles. The Morgan fingerprint density at radius 3 is 2.59 bits per heavy atom. The topological polar surface area (TPSA) is 23.5 Å². The molecule has 2 nitrogen and oxygen atoms in total. The number of rotatable bonds is 4. The molecule has 0 bridgehead atoms. The summed E-state index contributed by atoms with van der Waals surface area (Å²) in [4.78, 5) is 1.43. The first-order valence-corrected chi connectivity index (χ1v) is 5.76. The summed E-state index contributed by atoms with van der Waals surface area (Å²) in [5, 5.41) is 8.91. The van der Waals surface area contributed by atoms with Gasteiger partial charge < -0.3 is 5.11 Å². The zero-order chi connectivity index (χ0) is 13.1. The van der Waals surface area contributed by atoms with Gasteiger partial charge in [-0.25, -0.2) is 0 Å². The highest BCUT2D eigenvalue weighted by atomic mass is 79.9. The molecule has 96 valence electrons. The second-order valence-electron chi connectivity index (χ2n) is 3.88. The predicted molar refractivity (Wildman–Crippen MR) is 62.5 cm³/mol. The van der Waals surface area contributed by atoms with E-state index in [4.69, 9.17) is 5.11 Å². The smallest absolute Gasteiger partial charge is 0.382 e. The first kappa shape index (κ1) is 14.5. The van der Waals surface area contributed by atoms with Gasteiger partial charge in [-0.1, -0.05) is 28.1 Å². The Kier molecular flexibility index (Phi) is 4.97. The van der Waals surface area contributed by atoms with Gasteiger partial charge in [0.15, 0.2) is 6.10 Å². The molecule has 1 aromatic rings. The summed E-state index contributed by atoms with van der Waals surface area (Å²) < 4.78 is 37.3. The number of aliphatic hydroxyl groups is 1. The molecule has 6 heteroatoms. The van der Waals surface area contributed by atoms with Crippen LogP contribution in [-0.2, 0) is 6.54 Å². The Hall–Kier alpha value is -0.590. The standard InChI is InChI=1S/C11H13BrF3NO/c1-16(7-10(17)11(13,14)15)6-8-3-2-4-9(12)5-8/h2-5,10,17H,6-7H2,1H3. The molecular weight excluding hydrogens is 299 g/mol. The first-order valence-electron chi connectivity index (χ1n) is 4.97. The minimum Gasteiger partial charge on any atom is -0.382 e. The van der Waals surface area contributed by atoms with Crippen molar-refractivity contribution in [1.29, 1.82) is 0 Å². The second-order valence-corrected chi connectivity index (χ2v) is 4.80. The largest absolute Gasteiger partial charge is 0.415 e. The predicted octanol–water partition coefficient (Wildman–Crippen LogP) is 2.80. The van der Waals surface area contributed by atoms with E-state index < -0.39 is 18.8 Å². The van der Waals surface area contributed by atoms with E-state index in [0.29, 0.717) is 6.54 Å². The summed E-state index contributed by atoms with van der Waals surface area (Å²) >= 11 is 3.29. The van der Waals surface area contributed by atoms with Crippen LogP contribution in [0.2, 0.25) is 0 Å². The SMILES string of the molecule is CN(Cc1cccc(Br)c1)CC(O)C(F)(F)F. The summed E-state index contributed by atoms with van der Waals surface area (Å²) in [7, 11) is 1.54. The number of aliphatic hydroxyl groups excluding tert-OH is 1. The van der Waals surface area contributed by atoms with Gasteiger partial charge in [-0.3, -0.25) is 4.90 Å². The number of hydrogen-bond acceptors (Lipinski definition) is 2. The molecule has 0 aliphatic rings. The van der Waals surface area contributed by atoms with E-state index in [1.165, 1.54) is 11.9 Å². The van der Waals surface area contributed by atoms with E-state index in [9.17, 15) is 13.2 Å². The third-order valence-electron chi connectivity index (χ3n) is 2.20. The van der Waals surface area contributed by atoms with E-state index in [1.54, 1.807) is 0 Å². The molecule has 0 radical (unpaired) electrons. The van der Waals surface area contributed by atoms with E-state index in [2.05, 4.69) is 15.9 Å². The van der Waals surface area contributed by atoms with Gasteiger partial charge in [0, 0.05) is 17.6 Å². The van der Waals surface area contributed by atoms with Crippen LogP contribution in [0.1, 0.15) is 5.56 Å². The number of benzene rings is 1. The van der Waals surface area contributed by atoms with Crippen molar-refractivity contribution >= 4 is 15.9 Å². The molecule has 17 heavy (non-hydrogen) atoms. The van der Waals surface area contributed by atoms with Crippen LogP contribution in [0.25, 0.3) is 0 Å². The highest BCUT2D eigenvalue weighted by molar-refractivity contribution is 9.10. The van der Waals surface area contributed by atoms with E-state index >= 15 is 0 Å². The van der Waals surface area contributed by atoms with Gasteiger partial charge in [-0.15, -0.1) is 0 Å². The molecule has 1 unspecified atom stereocenters. The summed E-state index contributed by atoms with van der Waals surface area (Å²) in [5.74, 6) is 0. The molecule has 1 aromatic carbocycles. The second kappa shape index (κ2) is 5.84. The minimum absolute atomic E-state index is 0.354. The van der Waals surface area contributed by atoms with Gasteiger partial charge in [0.25, 0.3) is 0 Å². The van der Waals surface area contributed by atoms with Crippen molar-refractivity contribution in [3.05, 3.63) is 34.3 Å². The molecule has 0 aliphatic heterocycles. The number of alkyl halides is 3. The summed E-state index contributed by atoms with van der Waals surface area (Å²) in [6, 6.07) is 7.30. The molecule has 0 heterocycles. The van der Waals surface area contributed by atoms with Crippen LogP contribution >= 0.6 is 15.9 Å². The monoisotopic (exact) mass is 311 g/mol. The fraction of sp³-hybridized carbons (Fsp3) is 0.455. The van der Waals surface area contributed by atoms with Gasteiger partial charge in [0.05, 0.1) is 0 Å². The van der Waals surface area contributed by atoms with E-state index in [0.717, 1.165) is 10.0 Å². The molecule has 0 saturated carbocycles. The van der Waals surface area contributed by atoms with Gasteiger partial charge >= 0.3 is 6.18 Å². The molecule has 0 aliphatic carbocycles. The lowest BCUT2D eigenvalue weighted by molar-refractivity contribution is -0.207. The van der Waals surface area contributed by atoms with Gasteiger partial charge in [-0.2, -0.15) is 13.2 Å². The zero-order valence-corrected chi connectivity index (χ0v) is 10.8. The summed E-state index contributed by atoms with van der Waals surface area (Å²) in [5.41, 5.74) is 0.885. The lowest BCUT2D eigenvalue weighted by Crippen LogP contribution is -2.39. The van der Waals surface area contributed by atoms with Crippen molar-refractivity contribution < 1.29 is 18.3 Å². The van der Waals surface area contributed by atoms with Crippen LogP contribution in [0.15, 0.2) is 28.7 Å². The van der Waals surface area contributed by atoms with E-state index in [1.807, 2.05) is 24.3 Å². The van der Waals surface area contributed by atoms with Crippen LogP contribution in [-0.4, -0.2) is 35.9 Å². The summed E-state index contributed by atoms with van der Waals surface area (Å²) in [6.45, 7) is -0.0808. The number of halogens is 4. The molecule has 0 aromatic heterocycles. The molecule has 0 spiro atoms. The van der Waals surface area contributed by atoms with Crippen molar-refractivity contribution in [2.45, 2.75) is 18.8 Å². The Bertz CT molecular complexity index is 370. The highest BCUT2D eigenvalue weighted by Gasteiger charge is 2.38. The van der Waals surface area contributed by atoms with Gasteiger partial charge in [-0.05, 0) is 24.7 Å². The van der Waals surface area contributed by atoms with Crippen LogP contribution in [0, 0.1) is 0 Å². The maximum Gasteiger partial charge on any atom is 0.415 e. The number of hydrogen-bond donors (Lipinski definition) is 1. The average molecular weight is 312 g/mol. The van der Waals surface area contributed by atoms with Crippen molar-refractivity contribution in [2.24, 2.45) is 0 Å². The third kappa shape index (κ3) is 5.06. The van der Waals surface area contributed by atoms with Crippen molar-refractivity contribution in [3.63, 3.8) is 0 Å². The lowest BCUT2D eigenvalue weighted by atomic mass is 10.2. The maximum atomic E-state index is 12.1. The zero-order valence-electron chi connectivity index (χ0n) is 9.21. The highest BCUT2D eigenvalue weighted by Crippen LogP contribution is 2.21. The normalized spacial score (nSPS) is 14.1. The summed E-state index contributed by atoms with van der Waals surface area (Å²) in [6.07, 6.45) is -6.87. The fourth-order valence-electron chi connectivity index (χ4n) is 1.41. The van der Waals surface area contributed by atoms with Crippen LogP contribution in [0.5, 0.6) is 0 Å². The molecule has 1 atom stereocenters. The third-order valence-corrected chi connectivity index (χ3v) is 2.70. The Labute approximate surface area is 106 Å². The maximum absolute atomic E-state index is 12.1. The van der Waals surface area contributed by atoms with Crippen molar-refractivity contribution in [1.82, 2.24) is 4.90 Å². The quantitative estimate of drug-likeness (QED) is 0.924. The molecule has 1 rings (SSSR count). The van der Waals surface area contributed by atoms with Crippen LogP contribution < -0.4 is 0 Å². The Balaban J connectivity index is 2.53. The van der Waals surface area contributed by atoms with E-state index in [-0.39, 0.29) is 0 Å². The van der Waals surface area contributed by atoms with Crippen molar-refractivity contribution in [3.8, 4) is 0 Å². The molecule has 0 amide bonds. The lowest BCUT2D eigenvalue weighted by Gasteiger charge is -2.22. The number of likely N-dealkylation sites (N-methyl/N-ethyl adjacent to an activating group) is 1. The Morgan fingerprint density at radius 2 is 2.06 bits per heavy atom. The average Bonchev–Trinajstić information content (AvgIpc) is 2.15. The number of nitrogens with zero attached hydrogens (tertiary/aromatic N) is 1. The minimum atomic E-state index is -4.56. The van der Waals surface area contributed by atoms with Crippen LogP contribution in [0.4, 0.5) is 13.2 Å². The van der Waals surface area contributed by atoms with Crippen molar-refractivity contribution in [2.75, 3.05) is 13.6 Å². The Morgan fingerprint density at radius 1 is 1.41 bits per heavy atom. The van der Waals surface area contributed by atoms with Gasteiger partial charge in [0.1, 0.15) is 0 Å². The van der Waals surface area contributed by atoms with Gasteiger partial charge in [0.2, 0.25) is 0 Å².